The van der Waals surface area contributed by atoms with Gasteiger partial charge in [0.1, 0.15) is 12.4 Å². The fraction of sp³-hybridized carbons (Fsp3) is 0.208. The van der Waals surface area contributed by atoms with Crippen LogP contribution in [-0.2, 0) is 13.2 Å². The molecule has 6 heteroatoms. The Hall–Kier alpha value is -3.67. The van der Waals surface area contributed by atoms with E-state index < -0.39 is 0 Å². The number of nitrogens with two attached hydrogens (primary N) is 1. The number of para-hydroxylation sites is 1. The van der Waals surface area contributed by atoms with Crippen LogP contribution in [0.4, 0.5) is 5.69 Å². The van der Waals surface area contributed by atoms with Crippen LogP contribution in [0.1, 0.15) is 17.5 Å². The zero-order chi connectivity index (χ0) is 20.6. The van der Waals surface area contributed by atoms with Gasteiger partial charge < -0.3 is 25.3 Å². The Balaban J connectivity index is 1.30. The van der Waals surface area contributed by atoms with Gasteiger partial charge in [-0.3, -0.25) is 0 Å². The van der Waals surface area contributed by atoms with Crippen LogP contribution in [0.3, 0.4) is 0 Å². The molecular formula is C24H25N3O3. The summed E-state index contributed by atoms with van der Waals surface area (Å²) < 4.78 is 17.1. The Labute approximate surface area is 176 Å². The summed E-state index contributed by atoms with van der Waals surface area (Å²) >= 11 is 0. The number of guanidine groups is 1. The van der Waals surface area contributed by atoms with Crippen LogP contribution in [0.2, 0.25) is 0 Å². The molecule has 0 radical (unpaired) electrons. The highest BCUT2D eigenvalue weighted by Gasteiger charge is 2.10. The van der Waals surface area contributed by atoms with Crippen molar-refractivity contribution in [2.75, 3.05) is 18.5 Å². The molecule has 0 saturated carbocycles. The van der Waals surface area contributed by atoms with Crippen LogP contribution in [0.5, 0.6) is 17.2 Å². The minimum absolute atomic E-state index is 0.348. The third-order valence-electron chi connectivity index (χ3n) is 4.62. The van der Waals surface area contributed by atoms with Crippen LogP contribution in [0.25, 0.3) is 0 Å². The lowest BCUT2D eigenvalue weighted by atomic mass is 10.1. The average molecular weight is 403 g/mol. The minimum Gasteiger partial charge on any atom is -0.490 e. The summed E-state index contributed by atoms with van der Waals surface area (Å²) in [5, 5.41) is 3.10. The maximum absolute atomic E-state index is 6.05. The normalized spacial score (nSPS) is 13.4. The van der Waals surface area contributed by atoms with Crippen molar-refractivity contribution >= 4 is 11.6 Å². The van der Waals surface area contributed by atoms with Crippen LogP contribution in [0, 0.1) is 0 Å². The fourth-order valence-corrected chi connectivity index (χ4v) is 3.03. The maximum Gasteiger partial charge on any atom is 0.193 e. The second-order valence-electron chi connectivity index (χ2n) is 6.96. The molecule has 3 aromatic carbocycles. The Morgan fingerprint density at radius 2 is 1.63 bits per heavy atom. The zero-order valence-electron chi connectivity index (χ0n) is 16.7. The predicted molar refractivity (Wildman–Crippen MR) is 118 cm³/mol. The van der Waals surface area contributed by atoms with E-state index in [9.17, 15) is 0 Å². The molecule has 30 heavy (non-hydrogen) atoms. The number of hydrogen-bond donors (Lipinski definition) is 2. The maximum atomic E-state index is 6.05. The summed E-state index contributed by atoms with van der Waals surface area (Å²) in [5.41, 5.74) is 9.04. The molecule has 1 aliphatic heterocycles. The van der Waals surface area contributed by atoms with Crippen molar-refractivity contribution < 1.29 is 14.2 Å². The number of nitrogens with zero attached hydrogens (tertiary/aromatic N) is 1. The quantitative estimate of drug-likeness (QED) is 0.472. The van der Waals surface area contributed by atoms with Gasteiger partial charge in [0.15, 0.2) is 17.5 Å². The fourth-order valence-electron chi connectivity index (χ4n) is 3.03. The van der Waals surface area contributed by atoms with E-state index in [-0.39, 0.29) is 0 Å². The number of rotatable bonds is 6. The van der Waals surface area contributed by atoms with Gasteiger partial charge in [-0.1, -0.05) is 42.5 Å². The molecule has 3 aromatic rings. The molecule has 0 fully saturated rings. The van der Waals surface area contributed by atoms with Crippen molar-refractivity contribution in [3.63, 3.8) is 0 Å². The zero-order valence-corrected chi connectivity index (χ0v) is 16.7. The predicted octanol–water partition coefficient (Wildman–Crippen LogP) is 4.35. The molecular weight excluding hydrogens is 378 g/mol. The van der Waals surface area contributed by atoms with E-state index in [4.69, 9.17) is 19.9 Å². The summed E-state index contributed by atoms with van der Waals surface area (Å²) in [4.78, 5) is 4.42. The van der Waals surface area contributed by atoms with Gasteiger partial charge in [-0.15, -0.1) is 0 Å². The van der Waals surface area contributed by atoms with Crippen molar-refractivity contribution in [3.8, 4) is 17.2 Å². The van der Waals surface area contributed by atoms with Crippen LogP contribution >= 0.6 is 0 Å². The molecule has 0 spiro atoms. The van der Waals surface area contributed by atoms with E-state index in [1.54, 1.807) is 0 Å². The van der Waals surface area contributed by atoms with Gasteiger partial charge in [0.2, 0.25) is 0 Å². The summed E-state index contributed by atoms with van der Waals surface area (Å²) in [5.74, 6) is 2.68. The molecule has 3 N–H and O–H groups in total. The molecule has 0 saturated heterocycles. The van der Waals surface area contributed by atoms with Gasteiger partial charge in [-0.2, -0.15) is 0 Å². The lowest BCUT2D eigenvalue weighted by Gasteiger charge is -2.11. The molecule has 1 heterocycles. The Kier molecular flexibility index (Phi) is 6.35. The molecule has 4 rings (SSSR count). The average Bonchev–Trinajstić information content (AvgIpc) is 3.03. The minimum atomic E-state index is 0.348. The van der Waals surface area contributed by atoms with Gasteiger partial charge >= 0.3 is 0 Å². The number of hydrogen-bond acceptors (Lipinski definition) is 4. The highest BCUT2D eigenvalue weighted by Crippen LogP contribution is 2.32. The van der Waals surface area contributed by atoms with Crippen molar-refractivity contribution in [3.05, 3.63) is 83.9 Å². The first kappa shape index (κ1) is 19.6. The van der Waals surface area contributed by atoms with Crippen LogP contribution in [-0.4, -0.2) is 19.2 Å². The highest BCUT2D eigenvalue weighted by molar-refractivity contribution is 5.92. The highest BCUT2D eigenvalue weighted by atomic mass is 16.5. The monoisotopic (exact) mass is 403 g/mol. The second kappa shape index (κ2) is 9.69. The summed E-state index contributed by atoms with van der Waals surface area (Å²) in [6.45, 7) is 2.33. The third-order valence-corrected chi connectivity index (χ3v) is 4.62. The first-order valence-electron chi connectivity index (χ1n) is 9.98. The molecule has 6 nitrogen and oxygen atoms in total. The molecule has 1 aliphatic rings. The number of aliphatic imine (C=N–C) groups is 1. The number of anilines is 1. The molecule has 0 atom stereocenters. The topological polar surface area (TPSA) is 78.1 Å². The largest absolute Gasteiger partial charge is 0.490 e. The molecule has 0 amide bonds. The van der Waals surface area contributed by atoms with E-state index in [1.165, 1.54) is 0 Å². The van der Waals surface area contributed by atoms with Crippen molar-refractivity contribution in [2.45, 2.75) is 19.6 Å². The Morgan fingerprint density at radius 3 is 2.43 bits per heavy atom. The third kappa shape index (κ3) is 5.44. The first-order chi connectivity index (χ1) is 14.8. The number of benzene rings is 3. The van der Waals surface area contributed by atoms with E-state index in [1.807, 2.05) is 72.8 Å². The Bertz CT molecular complexity index is 988. The van der Waals surface area contributed by atoms with Gasteiger partial charge in [-0.05, 0) is 35.4 Å². The van der Waals surface area contributed by atoms with Crippen molar-refractivity contribution in [1.82, 2.24) is 0 Å². The summed E-state index contributed by atoms with van der Waals surface area (Å²) in [7, 11) is 0. The van der Waals surface area contributed by atoms with Gasteiger partial charge in [0.25, 0.3) is 0 Å². The van der Waals surface area contributed by atoms with E-state index >= 15 is 0 Å². The molecule has 0 aliphatic carbocycles. The van der Waals surface area contributed by atoms with Crippen molar-refractivity contribution in [2.24, 2.45) is 10.7 Å². The molecule has 0 aromatic heterocycles. The number of nitrogens with one attached hydrogen (secondary N) is 1. The smallest absolute Gasteiger partial charge is 0.193 e. The van der Waals surface area contributed by atoms with Gasteiger partial charge in [0.05, 0.1) is 19.8 Å². The van der Waals surface area contributed by atoms with E-state index in [0.717, 1.165) is 40.5 Å². The molecule has 0 unspecified atom stereocenters. The Morgan fingerprint density at radius 1 is 0.900 bits per heavy atom. The number of fused-ring (bicyclic) bond motifs is 1. The standard InChI is InChI=1S/C24H25N3O3/c25-24(27-20-11-12-22-23(15-20)29-14-4-13-28-22)26-16-18-7-9-19(10-8-18)17-30-21-5-2-1-3-6-21/h1-3,5-12,15H,4,13-14,16-17H2,(H3,25,26,27). The lowest BCUT2D eigenvalue weighted by molar-refractivity contribution is 0.297. The summed E-state index contributed by atoms with van der Waals surface area (Å²) in [6.07, 6.45) is 0.873. The second-order valence-corrected chi connectivity index (χ2v) is 6.96. The lowest BCUT2D eigenvalue weighted by Crippen LogP contribution is -2.22. The van der Waals surface area contributed by atoms with Crippen LogP contribution < -0.4 is 25.3 Å². The van der Waals surface area contributed by atoms with E-state index in [0.29, 0.717) is 32.3 Å². The van der Waals surface area contributed by atoms with Gasteiger partial charge in [-0.25, -0.2) is 4.99 Å². The van der Waals surface area contributed by atoms with Crippen LogP contribution in [0.15, 0.2) is 77.8 Å². The van der Waals surface area contributed by atoms with E-state index in [2.05, 4.69) is 10.3 Å². The summed E-state index contributed by atoms with van der Waals surface area (Å²) in [6, 6.07) is 23.6. The van der Waals surface area contributed by atoms with Gasteiger partial charge in [0, 0.05) is 18.2 Å². The number of ether oxygens (including phenoxy) is 3. The first-order valence-corrected chi connectivity index (χ1v) is 9.98. The molecule has 154 valence electrons. The molecule has 0 bridgehead atoms. The SMILES string of the molecule is NC(=NCc1ccc(COc2ccccc2)cc1)Nc1ccc2c(c1)OCCCO2. The van der Waals surface area contributed by atoms with Crippen molar-refractivity contribution in [1.29, 1.82) is 0 Å².